The zero-order valence-electron chi connectivity index (χ0n) is 12.4. The van der Waals surface area contributed by atoms with Gasteiger partial charge in [-0.25, -0.2) is 0 Å². The number of hydrogen-bond donors (Lipinski definition) is 3. The molecule has 1 rings (SSSR count). The maximum Gasteiger partial charge on any atom is 0.231 e. The summed E-state index contributed by atoms with van der Waals surface area (Å²) >= 11 is 1.73. The van der Waals surface area contributed by atoms with Crippen molar-refractivity contribution in [2.45, 2.75) is 40.2 Å². The van der Waals surface area contributed by atoms with Gasteiger partial charge in [-0.2, -0.15) is 0 Å². The number of aryl methyl sites for hydroxylation is 1. The van der Waals surface area contributed by atoms with Crippen LogP contribution in [-0.4, -0.2) is 23.0 Å². The molecule has 1 heterocycles. The lowest BCUT2D eigenvalue weighted by molar-refractivity contribution is -0.124. The van der Waals surface area contributed by atoms with Crippen LogP contribution in [-0.2, 0) is 11.2 Å². The van der Waals surface area contributed by atoms with Gasteiger partial charge < -0.3 is 16.3 Å². The van der Waals surface area contributed by atoms with Crippen molar-refractivity contribution in [2.24, 2.45) is 22.7 Å². The molecule has 0 radical (unpaired) electrons. The van der Waals surface area contributed by atoms with E-state index in [1.807, 2.05) is 20.8 Å². The molecule has 112 valence electrons. The second-order valence-corrected chi connectivity index (χ2v) is 6.75. The zero-order valence-corrected chi connectivity index (χ0v) is 13.2. The number of carbonyl (C=O) groups is 1. The third kappa shape index (κ3) is 4.52. The number of oxime groups is 1. The number of nitrogens with two attached hydrogens (primary N) is 1. The van der Waals surface area contributed by atoms with Crippen LogP contribution in [0.5, 0.6) is 0 Å². The first kappa shape index (κ1) is 16.5. The van der Waals surface area contributed by atoms with Gasteiger partial charge in [-0.3, -0.25) is 4.79 Å². The van der Waals surface area contributed by atoms with Crippen LogP contribution in [0.15, 0.2) is 17.3 Å². The maximum atomic E-state index is 12.2. The Morgan fingerprint density at radius 1 is 1.45 bits per heavy atom. The average molecular weight is 297 g/mol. The largest absolute Gasteiger partial charge is 0.409 e. The first-order valence-corrected chi connectivity index (χ1v) is 7.50. The topological polar surface area (TPSA) is 87.7 Å². The zero-order chi connectivity index (χ0) is 15.3. The van der Waals surface area contributed by atoms with E-state index in [9.17, 15) is 4.79 Å². The molecule has 1 aromatic rings. The van der Waals surface area contributed by atoms with Gasteiger partial charge >= 0.3 is 0 Å². The van der Waals surface area contributed by atoms with E-state index in [0.29, 0.717) is 0 Å². The van der Waals surface area contributed by atoms with E-state index in [0.717, 1.165) is 6.42 Å². The molecular weight excluding hydrogens is 274 g/mol. The van der Waals surface area contributed by atoms with Gasteiger partial charge in [0.2, 0.25) is 5.91 Å². The fourth-order valence-electron chi connectivity index (χ4n) is 2.12. The lowest BCUT2D eigenvalue weighted by Gasteiger charge is -2.21. The number of nitrogens with one attached hydrogen (secondary N) is 1. The number of thiophene rings is 1. The van der Waals surface area contributed by atoms with Gasteiger partial charge in [-0.1, -0.05) is 19.0 Å². The van der Waals surface area contributed by atoms with Gasteiger partial charge in [-0.05, 0) is 31.9 Å². The van der Waals surface area contributed by atoms with Crippen LogP contribution in [0.1, 0.15) is 30.5 Å². The molecule has 0 fully saturated rings. The summed E-state index contributed by atoms with van der Waals surface area (Å²) in [7, 11) is 0. The van der Waals surface area contributed by atoms with Crippen molar-refractivity contribution in [2.75, 3.05) is 0 Å². The molecule has 6 heteroatoms. The second-order valence-electron chi connectivity index (χ2n) is 5.37. The van der Waals surface area contributed by atoms with Crippen molar-refractivity contribution < 1.29 is 10.0 Å². The molecule has 20 heavy (non-hydrogen) atoms. The molecule has 0 aromatic carbocycles. The highest BCUT2D eigenvalue weighted by molar-refractivity contribution is 7.11. The summed E-state index contributed by atoms with van der Waals surface area (Å²) in [5, 5.41) is 14.7. The molecule has 2 atom stereocenters. The summed E-state index contributed by atoms with van der Waals surface area (Å²) in [4.78, 5) is 14.7. The van der Waals surface area contributed by atoms with Gasteiger partial charge in [0, 0.05) is 22.2 Å². The van der Waals surface area contributed by atoms with Crippen molar-refractivity contribution in [3.8, 4) is 0 Å². The van der Waals surface area contributed by atoms with E-state index >= 15 is 0 Å². The average Bonchev–Trinajstić information content (AvgIpc) is 2.73. The Hall–Kier alpha value is -1.56. The van der Waals surface area contributed by atoms with E-state index in [-0.39, 0.29) is 23.7 Å². The van der Waals surface area contributed by atoms with E-state index in [4.69, 9.17) is 10.9 Å². The second kappa shape index (κ2) is 7.28. The highest BCUT2D eigenvalue weighted by Gasteiger charge is 2.27. The van der Waals surface area contributed by atoms with Gasteiger partial charge in [0.25, 0.3) is 0 Å². The van der Waals surface area contributed by atoms with Crippen LogP contribution < -0.4 is 11.1 Å². The molecule has 0 aliphatic heterocycles. The first-order valence-electron chi connectivity index (χ1n) is 6.68. The minimum absolute atomic E-state index is 0.00768. The number of carbonyl (C=O) groups excluding carboxylic acids is 1. The Kier molecular flexibility index (Phi) is 6.01. The molecule has 2 unspecified atom stereocenters. The van der Waals surface area contributed by atoms with E-state index in [1.54, 1.807) is 11.3 Å². The Morgan fingerprint density at radius 3 is 2.55 bits per heavy atom. The van der Waals surface area contributed by atoms with Gasteiger partial charge in [0.05, 0.1) is 0 Å². The summed E-state index contributed by atoms with van der Waals surface area (Å²) < 4.78 is 0. The third-order valence-electron chi connectivity index (χ3n) is 3.08. The van der Waals surface area contributed by atoms with Crippen LogP contribution in [0.4, 0.5) is 0 Å². The van der Waals surface area contributed by atoms with Gasteiger partial charge in [0.15, 0.2) is 5.84 Å². The van der Waals surface area contributed by atoms with Crippen LogP contribution in [0.2, 0.25) is 0 Å². The Labute approximate surface area is 123 Å². The number of amidine groups is 1. The van der Waals surface area contributed by atoms with Crippen molar-refractivity contribution >= 4 is 23.1 Å². The fourth-order valence-corrected chi connectivity index (χ4v) is 3.14. The van der Waals surface area contributed by atoms with Crippen molar-refractivity contribution in [3.05, 3.63) is 21.9 Å². The number of hydrogen-bond acceptors (Lipinski definition) is 4. The monoisotopic (exact) mass is 297 g/mol. The Morgan fingerprint density at radius 2 is 2.10 bits per heavy atom. The smallest absolute Gasteiger partial charge is 0.231 e. The SMILES string of the molecule is Cc1ccc(CC(C)NC(=O)C(C(N)=NO)C(C)C)s1. The Bertz CT molecular complexity index is 483. The number of nitrogens with zero attached hydrogens (tertiary/aromatic N) is 1. The lowest BCUT2D eigenvalue weighted by atomic mass is 9.93. The van der Waals surface area contributed by atoms with E-state index < -0.39 is 5.92 Å². The standard InChI is InChI=1S/C14H23N3O2S/c1-8(2)12(13(15)17-19)14(18)16-9(3)7-11-6-5-10(4)20-11/h5-6,8-9,12,19H,7H2,1-4H3,(H2,15,17)(H,16,18). The number of rotatable bonds is 6. The molecule has 0 aliphatic rings. The summed E-state index contributed by atoms with van der Waals surface area (Å²) in [6.45, 7) is 7.76. The maximum absolute atomic E-state index is 12.2. The van der Waals surface area contributed by atoms with Crippen LogP contribution >= 0.6 is 11.3 Å². The molecule has 1 amide bonds. The molecule has 0 aliphatic carbocycles. The van der Waals surface area contributed by atoms with Gasteiger partial charge in [-0.15, -0.1) is 11.3 Å². The molecule has 0 saturated heterocycles. The Balaban J connectivity index is 2.63. The highest BCUT2D eigenvalue weighted by Crippen LogP contribution is 2.17. The lowest BCUT2D eigenvalue weighted by Crippen LogP contribution is -2.45. The van der Waals surface area contributed by atoms with Crippen LogP contribution in [0, 0.1) is 18.8 Å². The molecule has 0 saturated carbocycles. The fraction of sp³-hybridized carbons (Fsp3) is 0.571. The highest BCUT2D eigenvalue weighted by atomic mass is 32.1. The molecular formula is C14H23N3O2S. The van der Waals surface area contributed by atoms with Crippen LogP contribution in [0.3, 0.4) is 0 Å². The minimum atomic E-state index is -0.604. The molecule has 0 bridgehead atoms. The predicted molar refractivity (Wildman–Crippen MR) is 82.1 cm³/mol. The van der Waals surface area contributed by atoms with E-state index in [1.165, 1.54) is 9.75 Å². The normalized spacial score (nSPS) is 15.2. The summed E-state index contributed by atoms with van der Waals surface area (Å²) in [6, 6.07) is 4.15. The number of amides is 1. The molecule has 0 spiro atoms. The predicted octanol–water partition coefficient (Wildman–Crippen LogP) is 2.12. The molecule has 4 N–H and O–H groups in total. The molecule has 5 nitrogen and oxygen atoms in total. The quantitative estimate of drug-likeness (QED) is 0.325. The summed E-state index contributed by atoms with van der Waals surface area (Å²) in [5.41, 5.74) is 5.59. The van der Waals surface area contributed by atoms with Gasteiger partial charge in [0.1, 0.15) is 5.92 Å². The van der Waals surface area contributed by atoms with Crippen molar-refractivity contribution in [1.29, 1.82) is 0 Å². The minimum Gasteiger partial charge on any atom is -0.409 e. The van der Waals surface area contributed by atoms with E-state index in [2.05, 4.69) is 29.5 Å². The third-order valence-corrected chi connectivity index (χ3v) is 4.10. The summed E-state index contributed by atoms with van der Waals surface area (Å²) in [5.74, 6) is -0.873. The summed E-state index contributed by atoms with van der Waals surface area (Å²) in [6.07, 6.45) is 0.783. The van der Waals surface area contributed by atoms with Crippen molar-refractivity contribution in [1.82, 2.24) is 5.32 Å². The molecule has 1 aromatic heterocycles. The van der Waals surface area contributed by atoms with Crippen molar-refractivity contribution in [3.63, 3.8) is 0 Å². The van der Waals surface area contributed by atoms with Crippen LogP contribution in [0.25, 0.3) is 0 Å². The first-order chi connectivity index (χ1) is 9.35.